The minimum Gasteiger partial charge on any atom is -0.449 e. The smallest absolute Gasteiger partial charge is 0.412 e. The third kappa shape index (κ3) is 4.34. The van der Waals surface area contributed by atoms with Gasteiger partial charge in [0.2, 0.25) is 0 Å². The van der Waals surface area contributed by atoms with Crippen molar-refractivity contribution in [1.82, 2.24) is 9.55 Å². The van der Waals surface area contributed by atoms with Gasteiger partial charge in [0, 0.05) is 0 Å². The van der Waals surface area contributed by atoms with Gasteiger partial charge in [0.1, 0.15) is 12.2 Å². The number of ether oxygens (including phenoxy) is 4. The van der Waals surface area contributed by atoms with Crippen molar-refractivity contribution in [2.24, 2.45) is 0 Å². The minimum absolute atomic E-state index is 0.211. The van der Waals surface area contributed by atoms with E-state index in [1.807, 2.05) is 6.92 Å². The van der Waals surface area contributed by atoms with Crippen molar-refractivity contribution in [3.8, 4) is 0 Å². The first kappa shape index (κ1) is 20.7. The number of anilines is 1. The maximum atomic E-state index is 14.5. The van der Waals surface area contributed by atoms with E-state index in [-0.39, 0.29) is 18.8 Å². The molecule has 2 fully saturated rings. The van der Waals surface area contributed by atoms with Crippen molar-refractivity contribution >= 4 is 11.9 Å². The zero-order valence-electron chi connectivity index (χ0n) is 16.4. The first-order valence-electron chi connectivity index (χ1n) is 9.45. The number of rotatable bonds is 6. The number of fused-ring (bicyclic) bond motifs is 1. The number of halogens is 1. The van der Waals surface area contributed by atoms with Gasteiger partial charge in [-0.3, -0.25) is 9.88 Å². The molecule has 0 saturated carbocycles. The van der Waals surface area contributed by atoms with Gasteiger partial charge in [0.05, 0.1) is 18.9 Å². The van der Waals surface area contributed by atoms with E-state index in [1.165, 1.54) is 0 Å². The second-order valence-corrected chi connectivity index (χ2v) is 7.39. The fourth-order valence-electron chi connectivity index (χ4n) is 3.36. The van der Waals surface area contributed by atoms with Gasteiger partial charge in [0.15, 0.2) is 23.7 Å². The van der Waals surface area contributed by atoms with Crippen LogP contribution in [0.5, 0.6) is 0 Å². The van der Waals surface area contributed by atoms with E-state index in [0.29, 0.717) is 6.42 Å². The molecule has 0 spiro atoms. The largest absolute Gasteiger partial charge is 0.449 e. The normalized spacial score (nSPS) is 28.2. The summed E-state index contributed by atoms with van der Waals surface area (Å²) in [6.45, 7) is 7.55. The standard InChI is InChI=1S/C18H26FN3O6/c1-5-6-7-8-25-17(24)21-14-11(19)9-22(16(23)20-14)15-13-12(10(2)26-15)27-18(3,4)28-13/h9-10,12-13,15H,5-8H2,1-4H3,(H,20,21,23,24)/t10-,12?,13-,15-/m1/s1. The summed E-state index contributed by atoms with van der Waals surface area (Å²) in [5, 5.41) is 2.16. The van der Waals surface area contributed by atoms with Gasteiger partial charge >= 0.3 is 11.8 Å². The Balaban J connectivity index is 1.72. The van der Waals surface area contributed by atoms with Crippen molar-refractivity contribution in [3.63, 3.8) is 0 Å². The van der Waals surface area contributed by atoms with Gasteiger partial charge in [0.25, 0.3) is 0 Å². The Kier molecular flexibility index (Phi) is 6.01. The second-order valence-electron chi connectivity index (χ2n) is 7.39. The fourth-order valence-corrected chi connectivity index (χ4v) is 3.36. The van der Waals surface area contributed by atoms with Gasteiger partial charge in [-0.15, -0.1) is 0 Å². The van der Waals surface area contributed by atoms with Crippen LogP contribution >= 0.6 is 0 Å². The molecule has 1 amide bonds. The fraction of sp³-hybridized carbons (Fsp3) is 0.722. The van der Waals surface area contributed by atoms with Crippen molar-refractivity contribution in [3.05, 3.63) is 22.5 Å². The predicted octanol–water partition coefficient (Wildman–Crippen LogP) is 2.56. The SMILES string of the molecule is CCCCCOC(=O)Nc1nc(=O)n([C@@H]2O[C@H](C)C3OC(C)(C)O[C@H]32)cc1F. The summed E-state index contributed by atoms with van der Waals surface area (Å²) in [4.78, 5) is 27.8. The van der Waals surface area contributed by atoms with Gasteiger partial charge in [-0.25, -0.2) is 14.0 Å². The molecule has 156 valence electrons. The molecular formula is C18H26FN3O6. The van der Waals surface area contributed by atoms with Crippen molar-refractivity contribution in [1.29, 1.82) is 0 Å². The maximum absolute atomic E-state index is 14.5. The van der Waals surface area contributed by atoms with E-state index in [2.05, 4.69) is 10.3 Å². The molecule has 0 aromatic carbocycles. The second kappa shape index (κ2) is 8.14. The van der Waals surface area contributed by atoms with Gasteiger partial charge < -0.3 is 18.9 Å². The van der Waals surface area contributed by atoms with Crippen LogP contribution in [0.3, 0.4) is 0 Å². The number of carbonyl (C=O) groups is 1. The molecule has 1 unspecified atom stereocenters. The summed E-state index contributed by atoms with van der Waals surface area (Å²) < 4.78 is 37.8. The molecule has 1 aromatic heterocycles. The molecule has 0 aliphatic carbocycles. The Morgan fingerprint density at radius 2 is 2.07 bits per heavy atom. The van der Waals surface area contributed by atoms with Crippen LogP contribution in [0, 0.1) is 5.82 Å². The van der Waals surface area contributed by atoms with E-state index in [0.717, 1.165) is 23.6 Å². The Bertz CT molecular complexity index is 783. The van der Waals surface area contributed by atoms with E-state index in [9.17, 15) is 14.0 Å². The van der Waals surface area contributed by atoms with E-state index >= 15 is 0 Å². The van der Waals surface area contributed by atoms with Crippen LogP contribution in [0.15, 0.2) is 11.0 Å². The van der Waals surface area contributed by atoms with Crippen molar-refractivity contribution in [2.45, 2.75) is 77.3 Å². The molecule has 4 atom stereocenters. The highest BCUT2D eigenvalue weighted by molar-refractivity contribution is 5.83. The van der Waals surface area contributed by atoms with Crippen molar-refractivity contribution < 1.29 is 28.1 Å². The Morgan fingerprint density at radius 1 is 1.36 bits per heavy atom. The molecule has 1 N–H and O–H groups in total. The van der Waals surface area contributed by atoms with Gasteiger partial charge in [-0.2, -0.15) is 4.98 Å². The molecular weight excluding hydrogens is 373 g/mol. The first-order valence-corrected chi connectivity index (χ1v) is 9.45. The Morgan fingerprint density at radius 3 is 2.79 bits per heavy atom. The molecule has 0 radical (unpaired) electrons. The number of aromatic nitrogens is 2. The first-order chi connectivity index (χ1) is 13.2. The number of hydrogen-bond acceptors (Lipinski definition) is 7. The topological polar surface area (TPSA) is 101 Å². The monoisotopic (exact) mass is 399 g/mol. The third-order valence-corrected chi connectivity index (χ3v) is 4.64. The molecule has 2 saturated heterocycles. The molecule has 9 nitrogen and oxygen atoms in total. The lowest BCUT2D eigenvalue weighted by molar-refractivity contribution is -0.195. The number of unbranched alkanes of at least 4 members (excludes halogenated alkanes) is 2. The quantitative estimate of drug-likeness (QED) is 0.734. The molecule has 1 aromatic rings. The van der Waals surface area contributed by atoms with Crippen LogP contribution in [-0.2, 0) is 18.9 Å². The molecule has 0 bridgehead atoms. The van der Waals surface area contributed by atoms with Crippen LogP contribution in [0.25, 0.3) is 0 Å². The van der Waals surface area contributed by atoms with Crippen molar-refractivity contribution in [2.75, 3.05) is 11.9 Å². The summed E-state index contributed by atoms with van der Waals surface area (Å²) >= 11 is 0. The number of carbonyl (C=O) groups excluding carboxylic acids is 1. The zero-order valence-corrected chi connectivity index (χ0v) is 16.4. The van der Waals surface area contributed by atoms with Gasteiger partial charge in [-0.1, -0.05) is 19.8 Å². The minimum atomic E-state index is -0.886. The van der Waals surface area contributed by atoms with E-state index < -0.39 is 41.5 Å². The van der Waals surface area contributed by atoms with Crippen LogP contribution in [0.2, 0.25) is 0 Å². The molecule has 3 heterocycles. The average Bonchev–Trinajstić information content (AvgIpc) is 3.09. The average molecular weight is 399 g/mol. The summed E-state index contributed by atoms with van der Waals surface area (Å²) in [6.07, 6.45) is 0.497. The predicted molar refractivity (Wildman–Crippen MR) is 96.4 cm³/mol. The summed E-state index contributed by atoms with van der Waals surface area (Å²) in [5.41, 5.74) is -0.783. The highest BCUT2D eigenvalue weighted by atomic mass is 19.1. The highest BCUT2D eigenvalue weighted by Gasteiger charge is 2.54. The highest BCUT2D eigenvalue weighted by Crippen LogP contribution is 2.42. The lowest BCUT2D eigenvalue weighted by Crippen LogP contribution is -2.36. The molecule has 28 heavy (non-hydrogen) atoms. The number of nitrogens with one attached hydrogen (secondary N) is 1. The lowest BCUT2D eigenvalue weighted by atomic mass is 10.1. The maximum Gasteiger partial charge on any atom is 0.412 e. The number of hydrogen-bond donors (Lipinski definition) is 1. The third-order valence-electron chi connectivity index (χ3n) is 4.64. The molecule has 10 heteroatoms. The number of nitrogens with zero attached hydrogens (tertiary/aromatic N) is 2. The van der Waals surface area contributed by atoms with Gasteiger partial charge in [-0.05, 0) is 27.2 Å². The van der Waals surface area contributed by atoms with Crippen LogP contribution in [0.4, 0.5) is 15.0 Å². The molecule has 3 rings (SSSR count). The lowest BCUT2D eigenvalue weighted by Gasteiger charge is -2.24. The van der Waals surface area contributed by atoms with E-state index in [1.54, 1.807) is 20.8 Å². The number of amides is 1. The molecule has 2 aliphatic heterocycles. The zero-order chi connectivity index (χ0) is 20.5. The molecule has 2 aliphatic rings. The summed E-state index contributed by atoms with van der Waals surface area (Å²) in [7, 11) is 0. The van der Waals surface area contributed by atoms with E-state index in [4.69, 9.17) is 18.9 Å². The summed E-state index contributed by atoms with van der Waals surface area (Å²) in [5.74, 6) is -2.21. The van der Waals surface area contributed by atoms with Crippen LogP contribution in [0.1, 0.15) is 53.2 Å². The Hall–Kier alpha value is -2.04. The van der Waals surface area contributed by atoms with Crippen LogP contribution < -0.4 is 11.0 Å². The summed E-state index contributed by atoms with van der Waals surface area (Å²) in [6, 6.07) is 0. The van der Waals surface area contributed by atoms with Crippen LogP contribution in [-0.4, -0.2) is 46.4 Å². The Labute approximate surface area is 162 Å².